The van der Waals surface area contributed by atoms with E-state index in [-0.39, 0.29) is 6.04 Å². The number of aliphatic hydroxyl groups excluding tert-OH is 1. The fourth-order valence-corrected chi connectivity index (χ4v) is 11.9. The molecule has 0 bridgehead atoms. The van der Waals surface area contributed by atoms with Crippen molar-refractivity contribution in [2.24, 2.45) is 0 Å². The van der Waals surface area contributed by atoms with Gasteiger partial charge in [0.05, 0.1) is 11.7 Å². The van der Waals surface area contributed by atoms with E-state index >= 15 is 0 Å². The molecular formula is C31H49NO3Si. The van der Waals surface area contributed by atoms with Gasteiger partial charge in [-0.3, -0.25) is 4.90 Å². The Labute approximate surface area is 220 Å². The Morgan fingerprint density at radius 2 is 1.39 bits per heavy atom. The number of hydrogen-bond acceptors (Lipinski definition) is 4. The lowest BCUT2D eigenvalue weighted by Gasteiger charge is -2.43. The molecule has 0 aliphatic carbocycles. The van der Waals surface area contributed by atoms with Gasteiger partial charge in [-0.1, -0.05) is 90.9 Å². The van der Waals surface area contributed by atoms with E-state index in [1.165, 1.54) is 5.56 Å². The normalized spacial score (nSPS) is 18.6. The Kier molecular flexibility index (Phi) is 9.84. The molecule has 0 unspecified atom stereocenters. The maximum Gasteiger partial charge on any atom is 0.258 e. The van der Waals surface area contributed by atoms with Gasteiger partial charge >= 0.3 is 0 Å². The summed E-state index contributed by atoms with van der Waals surface area (Å²) in [6.07, 6.45) is 2.44. The summed E-state index contributed by atoms with van der Waals surface area (Å²) in [6, 6.07) is 18.5. The highest BCUT2D eigenvalue weighted by atomic mass is 28.4. The van der Waals surface area contributed by atoms with Crippen molar-refractivity contribution in [3.8, 4) is 5.75 Å². The van der Waals surface area contributed by atoms with Gasteiger partial charge in [-0.2, -0.15) is 0 Å². The smallest absolute Gasteiger partial charge is 0.258 e. The van der Waals surface area contributed by atoms with Crippen LogP contribution in [0.1, 0.15) is 85.0 Å². The van der Waals surface area contributed by atoms with Crippen LogP contribution >= 0.6 is 0 Å². The van der Waals surface area contributed by atoms with Crippen LogP contribution in [-0.4, -0.2) is 48.2 Å². The van der Waals surface area contributed by atoms with E-state index in [4.69, 9.17) is 4.43 Å². The first-order chi connectivity index (χ1) is 17.0. The van der Waals surface area contributed by atoms with Crippen LogP contribution in [0.3, 0.4) is 0 Å². The second kappa shape index (κ2) is 12.3. The molecule has 2 aromatic rings. The van der Waals surface area contributed by atoms with E-state index < -0.39 is 20.0 Å². The van der Waals surface area contributed by atoms with Gasteiger partial charge in [0.15, 0.2) is 0 Å². The number of rotatable bonds is 11. The van der Waals surface area contributed by atoms with Crippen molar-refractivity contribution in [1.82, 2.24) is 4.90 Å². The van der Waals surface area contributed by atoms with Crippen LogP contribution in [0.15, 0.2) is 54.6 Å². The molecule has 0 radical (unpaired) electrons. The van der Waals surface area contributed by atoms with Crippen molar-refractivity contribution >= 4 is 8.32 Å². The minimum atomic E-state index is -2.00. The van der Waals surface area contributed by atoms with Gasteiger partial charge in [0.2, 0.25) is 0 Å². The topological polar surface area (TPSA) is 52.9 Å². The Morgan fingerprint density at radius 1 is 0.861 bits per heavy atom. The zero-order valence-corrected chi connectivity index (χ0v) is 24.6. The fraction of sp³-hybridized carbons (Fsp3) is 0.613. The molecule has 2 N–H and O–H groups in total. The first-order valence-corrected chi connectivity index (χ1v) is 16.1. The molecule has 3 rings (SSSR count). The molecule has 1 aliphatic rings. The zero-order chi connectivity index (χ0) is 26.5. The number of nitrogens with zero attached hydrogens (tertiary/aromatic N) is 1. The lowest BCUT2D eigenvalue weighted by molar-refractivity contribution is -0.0497. The van der Waals surface area contributed by atoms with E-state index in [1.807, 2.05) is 30.3 Å². The maximum absolute atomic E-state index is 11.3. The first kappa shape index (κ1) is 28.9. The summed E-state index contributed by atoms with van der Waals surface area (Å²) in [6.45, 7) is 17.5. The number of benzene rings is 2. The highest BCUT2D eigenvalue weighted by molar-refractivity contribution is 6.78. The summed E-state index contributed by atoms with van der Waals surface area (Å²) in [4.78, 5) is 2.36. The highest BCUT2D eigenvalue weighted by Gasteiger charge is 2.47. The molecule has 0 saturated carbocycles. The van der Waals surface area contributed by atoms with Gasteiger partial charge < -0.3 is 14.6 Å². The third kappa shape index (κ3) is 6.42. The predicted octanol–water partition coefficient (Wildman–Crippen LogP) is 7.12. The summed E-state index contributed by atoms with van der Waals surface area (Å²) >= 11 is 0. The van der Waals surface area contributed by atoms with Gasteiger partial charge in [0, 0.05) is 25.6 Å². The van der Waals surface area contributed by atoms with Crippen LogP contribution in [0.5, 0.6) is 5.75 Å². The molecule has 200 valence electrons. The average molecular weight is 512 g/mol. The molecule has 1 aliphatic heterocycles. The van der Waals surface area contributed by atoms with Crippen LogP contribution in [0, 0.1) is 0 Å². The van der Waals surface area contributed by atoms with Crippen molar-refractivity contribution < 1.29 is 14.6 Å². The Balaban J connectivity index is 1.66. The molecular weight excluding hydrogens is 462 g/mol. The van der Waals surface area contributed by atoms with Crippen molar-refractivity contribution in [2.75, 3.05) is 13.1 Å². The third-order valence-corrected chi connectivity index (χ3v) is 14.6. The number of hydrogen-bond donors (Lipinski definition) is 2. The van der Waals surface area contributed by atoms with Crippen LogP contribution in [-0.2, 0) is 6.42 Å². The first-order valence-electron chi connectivity index (χ1n) is 14.0. The Bertz CT molecular complexity index is 899. The zero-order valence-electron chi connectivity index (χ0n) is 23.6. The average Bonchev–Trinajstić information content (AvgIpc) is 2.84. The van der Waals surface area contributed by atoms with Crippen molar-refractivity contribution in [3.63, 3.8) is 0 Å². The molecule has 1 saturated heterocycles. The molecule has 1 fully saturated rings. The molecule has 5 heteroatoms. The molecule has 0 spiro atoms. The van der Waals surface area contributed by atoms with Crippen LogP contribution in [0.25, 0.3) is 0 Å². The second-order valence-electron chi connectivity index (χ2n) is 11.8. The van der Waals surface area contributed by atoms with E-state index in [0.29, 0.717) is 23.0 Å². The van der Waals surface area contributed by atoms with E-state index in [1.54, 1.807) is 0 Å². The molecule has 0 aromatic heterocycles. The van der Waals surface area contributed by atoms with Crippen molar-refractivity contribution in [3.05, 3.63) is 65.7 Å². The number of likely N-dealkylation sites (tertiary alicyclic amines) is 1. The summed E-state index contributed by atoms with van der Waals surface area (Å²) in [5.41, 5.74) is 3.01. The largest absolute Gasteiger partial charge is 0.543 e. The molecule has 4 nitrogen and oxygen atoms in total. The van der Waals surface area contributed by atoms with Crippen LogP contribution in [0.2, 0.25) is 16.6 Å². The molecule has 2 atom stereocenters. The quantitative estimate of drug-likeness (QED) is 0.315. The van der Waals surface area contributed by atoms with Gasteiger partial charge in [0.25, 0.3) is 8.32 Å². The molecule has 2 aromatic carbocycles. The van der Waals surface area contributed by atoms with Gasteiger partial charge in [-0.15, -0.1) is 0 Å². The number of piperidine rings is 1. The minimum Gasteiger partial charge on any atom is -0.543 e. The van der Waals surface area contributed by atoms with Crippen LogP contribution < -0.4 is 4.43 Å². The van der Waals surface area contributed by atoms with E-state index in [0.717, 1.165) is 43.7 Å². The Morgan fingerprint density at radius 3 is 1.86 bits per heavy atom. The summed E-state index contributed by atoms with van der Waals surface area (Å²) in [5, 5.41) is 22.5. The van der Waals surface area contributed by atoms with E-state index in [9.17, 15) is 10.2 Å². The fourth-order valence-electron chi connectivity index (χ4n) is 6.62. The Hall–Kier alpha value is -1.66. The third-order valence-electron chi connectivity index (χ3n) is 8.58. The predicted molar refractivity (Wildman–Crippen MR) is 153 cm³/mol. The molecule has 0 amide bonds. The lowest BCUT2D eigenvalue weighted by atomic mass is 9.84. The standard InChI is InChI=1S/C31H49NO3Si/c1-8-29(32-20-18-31(34,19-21-32)22-26-12-10-9-11-13-26)30(33)27-14-16-28(17-15-27)35-36(23(2)3,24(4)5)25(6)7/h9-17,23-25,29-30,33-34H,8,18-22H2,1-7H3/t29-,30-/m0/s1. The molecule has 36 heavy (non-hydrogen) atoms. The van der Waals surface area contributed by atoms with Gasteiger partial charge in [0.1, 0.15) is 5.75 Å². The van der Waals surface area contributed by atoms with E-state index in [2.05, 4.69) is 77.6 Å². The minimum absolute atomic E-state index is 0.0356. The monoisotopic (exact) mass is 511 g/mol. The SMILES string of the molecule is CC[C@@H]([C@@H](O)c1ccc(O[Si](C(C)C)(C(C)C)C(C)C)cc1)N1CCC(O)(Cc2ccccc2)CC1. The van der Waals surface area contributed by atoms with Gasteiger partial charge in [-0.05, 0) is 59.1 Å². The summed E-state index contributed by atoms with van der Waals surface area (Å²) in [5.74, 6) is 0.922. The molecule has 1 heterocycles. The van der Waals surface area contributed by atoms with Crippen LogP contribution in [0.4, 0.5) is 0 Å². The van der Waals surface area contributed by atoms with Crippen molar-refractivity contribution in [1.29, 1.82) is 0 Å². The summed E-state index contributed by atoms with van der Waals surface area (Å²) < 4.78 is 6.82. The lowest BCUT2D eigenvalue weighted by Crippen LogP contribution is -2.50. The van der Waals surface area contributed by atoms with Gasteiger partial charge in [-0.25, -0.2) is 0 Å². The maximum atomic E-state index is 11.3. The van der Waals surface area contributed by atoms with Crippen molar-refractivity contribution in [2.45, 2.75) is 109 Å². The summed E-state index contributed by atoms with van der Waals surface area (Å²) in [7, 11) is -2.00. The highest BCUT2D eigenvalue weighted by Crippen LogP contribution is 2.43. The second-order valence-corrected chi connectivity index (χ2v) is 17.2. The number of aliphatic hydroxyl groups is 2.